The molecule has 2 rings (SSSR count). The molecule has 2 aromatic rings. The lowest BCUT2D eigenvalue weighted by molar-refractivity contribution is 0.0696. The number of urea groups is 1. The Hall–Kier alpha value is -1.76. The molecule has 0 saturated carbocycles. The molecule has 0 unspecified atom stereocenters. The largest absolute Gasteiger partial charge is 0.478 e. The molecule has 0 radical (unpaired) electrons. The number of carbonyl (C=O) groups excluding carboxylic acids is 1. The standard InChI is InChI=1S/C16H16Cl2N2O3S/c1-16(2,3)8-7-24-13(11(8)14(21)22)20-15(23)19-10-6-4-5-9(17)12(10)18/h4-7H,1-3H3,(H,21,22)(H2,19,20,23). The third kappa shape index (κ3) is 4.01. The molecule has 3 N–H and O–H groups in total. The van der Waals surface area contributed by atoms with Gasteiger partial charge in [-0.25, -0.2) is 9.59 Å². The number of rotatable bonds is 3. The molecule has 0 aliphatic rings. The Morgan fingerprint density at radius 1 is 1.17 bits per heavy atom. The lowest BCUT2D eigenvalue weighted by atomic mass is 9.86. The lowest BCUT2D eigenvalue weighted by Gasteiger charge is -2.18. The van der Waals surface area contributed by atoms with Gasteiger partial charge >= 0.3 is 12.0 Å². The molecule has 2 amide bonds. The average molecular weight is 387 g/mol. The number of hydrogen-bond donors (Lipinski definition) is 3. The molecule has 24 heavy (non-hydrogen) atoms. The van der Waals surface area contributed by atoms with Crippen molar-refractivity contribution in [2.45, 2.75) is 26.2 Å². The predicted molar refractivity (Wildman–Crippen MR) is 99.1 cm³/mol. The molecular formula is C16H16Cl2N2O3S. The fourth-order valence-electron chi connectivity index (χ4n) is 2.07. The summed E-state index contributed by atoms with van der Waals surface area (Å²) in [5, 5.41) is 17.1. The maximum absolute atomic E-state index is 12.2. The van der Waals surface area contributed by atoms with E-state index < -0.39 is 12.0 Å². The number of benzene rings is 1. The van der Waals surface area contributed by atoms with Crippen molar-refractivity contribution in [3.05, 3.63) is 44.8 Å². The molecule has 1 aromatic heterocycles. The second kappa shape index (κ2) is 7.01. The first-order valence-electron chi connectivity index (χ1n) is 6.98. The number of carboxylic acid groups (broad SMARTS) is 1. The summed E-state index contributed by atoms with van der Waals surface area (Å²) < 4.78 is 0. The van der Waals surface area contributed by atoms with E-state index >= 15 is 0 Å². The Balaban J connectivity index is 2.25. The van der Waals surface area contributed by atoms with Gasteiger partial charge in [0.15, 0.2) is 0 Å². The van der Waals surface area contributed by atoms with Gasteiger partial charge in [0.1, 0.15) is 5.00 Å². The summed E-state index contributed by atoms with van der Waals surface area (Å²) in [6.07, 6.45) is 0. The van der Waals surface area contributed by atoms with E-state index in [1.54, 1.807) is 23.6 Å². The normalized spacial score (nSPS) is 11.2. The van der Waals surface area contributed by atoms with E-state index in [4.69, 9.17) is 23.2 Å². The fraction of sp³-hybridized carbons (Fsp3) is 0.250. The Bertz CT molecular complexity index is 797. The van der Waals surface area contributed by atoms with E-state index in [0.29, 0.717) is 16.3 Å². The van der Waals surface area contributed by atoms with Crippen molar-refractivity contribution in [2.24, 2.45) is 0 Å². The Kier molecular flexibility index (Phi) is 5.42. The van der Waals surface area contributed by atoms with Crippen molar-refractivity contribution in [2.75, 3.05) is 10.6 Å². The minimum Gasteiger partial charge on any atom is -0.478 e. The molecule has 0 spiro atoms. The summed E-state index contributed by atoms with van der Waals surface area (Å²) >= 11 is 13.1. The predicted octanol–water partition coefficient (Wildman–Crippen LogP) is 5.69. The number of carbonyl (C=O) groups is 2. The van der Waals surface area contributed by atoms with Crippen LogP contribution in [0, 0.1) is 0 Å². The molecule has 0 bridgehead atoms. The first-order chi connectivity index (χ1) is 11.1. The maximum atomic E-state index is 12.2. The molecule has 0 saturated heterocycles. The van der Waals surface area contributed by atoms with Crippen LogP contribution in [0.5, 0.6) is 0 Å². The van der Waals surface area contributed by atoms with Gasteiger partial charge in [-0.05, 0) is 28.5 Å². The molecule has 1 heterocycles. The molecule has 0 aliphatic carbocycles. The van der Waals surface area contributed by atoms with Crippen LogP contribution in [0.25, 0.3) is 0 Å². The van der Waals surface area contributed by atoms with Crippen LogP contribution in [0.4, 0.5) is 15.5 Å². The van der Waals surface area contributed by atoms with Gasteiger partial charge in [0.05, 0.1) is 21.3 Å². The molecule has 128 valence electrons. The maximum Gasteiger partial charge on any atom is 0.339 e. The summed E-state index contributed by atoms with van der Waals surface area (Å²) in [5.41, 5.74) is 0.749. The molecule has 1 aromatic carbocycles. The van der Waals surface area contributed by atoms with Crippen LogP contribution in [0.2, 0.25) is 10.0 Å². The summed E-state index contributed by atoms with van der Waals surface area (Å²) in [4.78, 5) is 23.8. The summed E-state index contributed by atoms with van der Waals surface area (Å²) in [5.74, 6) is -1.09. The minimum atomic E-state index is -1.09. The molecule has 5 nitrogen and oxygen atoms in total. The number of hydrogen-bond acceptors (Lipinski definition) is 3. The molecule has 0 atom stereocenters. The zero-order valence-electron chi connectivity index (χ0n) is 13.2. The van der Waals surface area contributed by atoms with Crippen molar-refractivity contribution in [3.63, 3.8) is 0 Å². The number of carboxylic acids is 1. The Morgan fingerprint density at radius 3 is 2.42 bits per heavy atom. The van der Waals surface area contributed by atoms with Crippen LogP contribution in [-0.2, 0) is 5.41 Å². The van der Waals surface area contributed by atoms with Crippen LogP contribution in [0.15, 0.2) is 23.6 Å². The monoisotopic (exact) mass is 386 g/mol. The molecule has 8 heteroatoms. The Labute approximate surface area is 153 Å². The van der Waals surface area contributed by atoms with Gasteiger partial charge < -0.3 is 10.4 Å². The van der Waals surface area contributed by atoms with Gasteiger partial charge in [0.25, 0.3) is 0 Å². The van der Waals surface area contributed by atoms with Crippen molar-refractivity contribution in [1.29, 1.82) is 0 Å². The zero-order chi connectivity index (χ0) is 18.1. The van der Waals surface area contributed by atoms with Crippen molar-refractivity contribution < 1.29 is 14.7 Å². The van der Waals surface area contributed by atoms with Crippen LogP contribution in [0.3, 0.4) is 0 Å². The number of anilines is 2. The molecule has 0 fully saturated rings. The summed E-state index contributed by atoms with van der Waals surface area (Å²) in [7, 11) is 0. The van der Waals surface area contributed by atoms with Gasteiger partial charge in [-0.1, -0.05) is 50.0 Å². The van der Waals surface area contributed by atoms with E-state index in [9.17, 15) is 14.7 Å². The van der Waals surface area contributed by atoms with Crippen molar-refractivity contribution in [3.8, 4) is 0 Å². The van der Waals surface area contributed by atoms with E-state index in [0.717, 1.165) is 0 Å². The number of halogens is 2. The highest BCUT2D eigenvalue weighted by Gasteiger charge is 2.27. The highest BCUT2D eigenvalue weighted by molar-refractivity contribution is 7.15. The lowest BCUT2D eigenvalue weighted by Crippen LogP contribution is -2.21. The third-order valence-electron chi connectivity index (χ3n) is 3.24. The number of thiophene rings is 1. The number of aromatic carboxylic acids is 1. The van der Waals surface area contributed by atoms with E-state index in [-0.39, 0.29) is 21.0 Å². The van der Waals surface area contributed by atoms with Gasteiger partial charge in [-0.2, -0.15) is 0 Å². The molecular weight excluding hydrogens is 371 g/mol. The molecule has 0 aliphatic heterocycles. The van der Waals surface area contributed by atoms with Crippen LogP contribution in [0.1, 0.15) is 36.7 Å². The van der Waals surface area contributed by atoms with E-state index in [1.165, 1.54) is 11.3 Å². The van der Waals surface area contributed by atoms with Crippen LogP contribution < -0.4 is 10.6 Å². The number of nitrogens with one attached hydrogen (secondary N) is 2. The van der Waals surface area contributed by atoms with Gasteiger partial charge in [0.2, 0.25) is 0 Å². The fourth-order valence-corrected chi connectivity index (χ4v) is 3.59. The number of amides is 2. The zero-order valence-corrected chi connectivity index (χ0v) is 15.6. The smallest absolute Gasteiger partial charge is 0.339 e. The highest BCUT2D eigenvalue weighted by Crippen LogP contribution is 2.36. The highest BCUT2D eigenvalue weighted by atomic mass is 35.5. The second-order valence-electron chi connectivity index (χ2n) is 6.09. The third-order valence-corrected chi connectivity index (χ3v) is 4.95. The Morgan fingerprint density at radius 2 is 1.83 bits per heavy atom. The first-order valence-corrected chi connectivity index (χ1v) is 8.62. The van der Waals surface area contributed by atoms with Crippen molar-refractivity contribution in [1.82, 2.24) is 0 Å². The SMILES string of the molecule is CC(C)(C)c1csc(NC(=O)Nc2cccc(Cl)c2Cl)c1C(=O)O. The quantitative estimate of drug-likeness (QED) is 0.633. The van der Waals surface area contributed by atoms with Crippen molar-refractivity contribution >= 4 is 57.2 Å². The van der Waals surface area contributed by atoms with E-state index in [2.05, 4.69) is 10.6 Å². The van der Waals surface area contributed by atoms with Gasteiger partial charge in [-0.15, -0.1) is 11.3 Å². The van der Waals surface area contributed by atoms with E-state index in [1.807, 2.05) is 20.8 Å². The minimum absolute atomic E-state index is 0.0971. The first kappa shape index (κ1) is 18.6. The summed E-state index contributed by atoms with van der Waals surface area (Å²) in [6.45, 7) is 5.74. The van der Waals surface area contributed by atoms with Crippen LogP contribution >= 0.6 is 34.5 Å². The van der Waals surface area contributed by atoms with Gasteiger partial charge in [-0.3, -0.25) is 5.32 Å². The topological polar surface area (TPSA) is 78.4 Å². The average Bonchev–Trinajstić information content (AvgIpc) is 2.87. The van der Waals surface area contributed by atoms with Crippen LogP contribution in [-0.4, -0.2) is 17.1 Å². The summed E-state index contributed by atoms with van der Waals surface area (Å²) in [6, 6.07) is 4.25. The second-order valence-corrected chi connectivity index (χ2v) is 7.75. The van der Waals surface area contributed by atoms with Gasteiger partial charge in [0, 0.05) is 0 Å².